The van der Waals surface area contributed by atoms with E-state index in [1.807, 2.05) is 6.07 Å². The molecule has 0 aliphatic carbocycles. The van der Waals surface area contributed by atoms with Crippen LogP contribution >= 0.6 is 0 Å². The van der Waals surface area contributed by atoms with E-state index >= 15 is 0 Å². The molecule has 2 aliphatic rings. The number of rotatable bonds is 3. The van der Waals surface area contributed by atoms with Gasteiger partial charge in [-0.25, -0.2) is 4.79 Å². The molecule has 0 saturated carbocycles. The summed E-state index contributed by atoms with van der Waals surface area (Å²) in [6.07, 6.45) is 2.60. The Labute approximate surface area is 119 Å². The van der Waals surface area contributed by atoms with E-state index in [0.29, 0.717) is 17.4 Å². The van der Waals surface area contributed by atoms with Gasteiger partial charge in [0.2, 0.25) is 0 Å². The number of furan rings is 1. The quantitative estimate of drug-likeness (QED) is 0.850. The van der Waals surface area contributed by atoms with Crippen molar-refractivity contribution in [2.45, 2.75) is 32.4 Å². The average Bonchev–Trinajstić information content (AvgIpc) is 3.01. The zero-order valence-electron chi connectivity index (χ0n) is 12.1. The molecule has 1 aromatic rings. The van der Waals surface area contributed by atoms with Gasteiger partial charge in [0, 0.05) is 19.1 Å². The molecule has 2 atom stereocenters. The first kappa shape index (κ1) is 13.6. The standard InChI is InChI=1S/C15H22N2O3/c1-10-13(15(18)19-2)6-12(20-10)8-17-7-11-4-3-5-16-14(11)9-17/h6,11,14,16H,3-5,7-9H2,1-2H3. The van der Waals surface area contributed by atoms with Crippen LogP contribution in [0.4, 0.5) is 0 Å². The molecule has 5 nitrogen and oxygen atoms in total. The molecule has 1 aromatic heterocycles. The molecule has 110 valence electrons. The Morgan fingerprint density at radius 3 is 3.15 bits per heavy atom. The van der Waals surface area contributed by atoms with Gasteiger partial charge >= 0.3 is 5.97 Å². The van der Waals surface area contributed by atoms with Gasteiger partial charge in [0.25, 0.3) is 0 Å². The first-order valence-corrected chi connectivity index (χ1v) is 7.30. The smallest absolute Gasteiger partial charge is 0.341 e. The molecule has 1 N–H and O–H groups in total. The molecular weight excluding hydrogens is 256 g/mol. The predicted octanol–water partition coefficient (Wildman–Crippen LogP) is 1.56. The molecule has 20 heavy (non-hydrogen) atoms. The van der Waals surface area contributed by atoms with Crippen molar-refractivity contribution < 1.29 is 13.9 Å². The molecule has 3 heterocycles. The number of methoxy groups -OCH3 is 1. The summed E-state index contributed by atoms with van der Waals surface area (Å²) in [7, 11) is 1.39. The summed E-state index contributed by atoms with van der Waals surface area (Å²) in [5.41, 5.74) is 0.539. The number of ether oxygens (including phenoxy) is 1. The summed E-state index contributed by atoms with van der Waals surface area (Å²) in [5.74, 6) is 1.93. The lowest BCUT2D eigenvalue weighted by Crippen LogP contribution is -2.40. The maximum Gasteiger partial charge on any atom is 0.341 e. The van der Waals surface area contributed by atoms with Gasteiger partial charge in [-0.2, -0.15) is 0 Å². The highest BCUT2D eigenvalue weighted by Crippen LogP contribution is 2.27. The highest BCUT2D eigenvalue weighted by atomic mass is 16.5. The summed E-state index contributed by atoms with van der Waals surface area (Å²) in [6, 6.07) is 2.44. The van der Waals surface area contributed by atoms with Gasteiger partial charge in [0.1, 0.15) is 17.1 Å². The van der Waals surface area contributed by atoms with Gasteiger partial charge in [-0.1, -0.05) is 0 Å². The van der Waals surface area contributed by atoms with E-state index in [2.05, 4.69) is 10.2 Å². The first-order chi connectivity index (χ1) is 9.67. The number of aryl methyl sites for hydroxylation is 1. The van der Waals surface area contributed by atoms with Crippen molar-refractivity contribution in [1.29, 1.82) is 0 Å². The third-order valence-corrected chi connectivity index (χ3v) is 4.43. The van der Waals surface area contributed by atoms with E-state index in [-0.39, 0.29) is 5.97 Å². The zero-order valence-corrected chi connectivity index (χ0v) is 12.1. The van der Waals surface area contributed by atoms with Crippen molar-refractivity contribution in [1.82, 2.24) is 10.2 Å². The molecule has 2 saturated heterocycles. The van der Waals surface area contributed by atoms with E-state index in [4.69, 9.17) is 9.15 Å². The van der Waals surface area contributed by atoms with Gasteiger partial charge in [-0.15, -0.1) is 0 Å². The van der Waals surface area contributed by atoms with Gasteiger partial charge < -0.3 is 14.5 Å². The fraction of sp³-hybridized carbons (Fsp3) is 0.667. The molecule has 0 spiro atoms. The number of likely N-dealkylation sites (tertiary alicyclic amines) is 1. The van der Waals surface area contributed by atoms with E-state index in [9.17, 15) is 4.79 Å². The van der Waals surface area contributed by atoms with Crippen LogP contribution in [0.25, 0.3) is 0 Å². The molecule has 2 fully saturated rings. The molecule has 0 amide bonds. The molecule has 2 unspecified atom stereocenters. The lowest BCUT2D eigenvalue weighted by Gasteiger charge is -2.24. The van der Waals surface area contributed by atoms with E-state index in [0.717, 1.165) is 37.9 Å². The molecular formula is C15H22N2O3. The predicted molar refractivity (Wildman–Crippen MR) is 74.6 cm³/mol. The van der Waals surface area contributed by atoms with Crippen LogP contribution in [-0.4, -0.2) is 43.7 Å². The molecule has 5 heteroatoms. The highest BCUT2D eigenvalue weighted by Gasteiger charge is 2.34. The molecule has 0 bridgehead atoms. The normalized spacial score (nSPS) is 26.5. The molecule has 2 aliphatic heterocycles. The lowest BCUT2D eigenvalue weighted by molar-refractivity contribution is 0.0599. The van der Waals surface area contributed by atoms with Gasteiger partial charge in [0.05, 0.1) is 13.7 Å². The van der Waals surface area contributed by atoms with Crippen molar-refractivity contribution in [2.75, 3.05) is 26.7 Å². The minimum Gasteiger partial charge on any atom is -0.465 e. The second-order valence-electron chi connectivity index (χ2n) is 5.83. The van der Waals surface area contributed by atoms with Crippen LogP contribution in [0.15, 0.2) is 10.5 Å². The number of fused-ring (bicyclic) bond motifs is 1. The van der Waals surface area contributed by atoms with Crippen LogP contribution < -0.4 is 5.32 Å². The Kier molecular flexibility index (Phi) is 3.81. The van der Waals surface area contributed by atoms with Crippen molar-refractivity contribution in [3.63, 3.8) is 0 Å². The van der Waals surface area contributed by atoms with Gasteiger partial charge in [0.15, 0.2) is 0 Å². The van der Waals surface area contributed by atoms with Gasteiger partial charge in [-0.3, -0.25) is 4.90 Å². The number of carbonyl (C=O) groups is 1. The van der Waals surface area contributed by atoms with Crippen molar-refractivity contribution in [3.05, 3.63) is 23.2 Å². The SMILES string of the molecule is COC(=O)c1cc(CN2CC3CCCNC3C2)oc1C. The van der Waals surface area contributed by atoms with E-state index in [1.165, 1.54) is 20.0 Å². The number of carbonyl (C=O) groups excluding carboxylic acids is 1. The topological polar surface area (TPSA) is 54.7 Å². The number of piperidine rings is 1. The van der Waals surface area contributed by atoms with E-state index in [1.54, 1.807) is 6.92 Å². The molecule has 0 aromatic carbocycles. The van der Waals surface area contributed by atoms with E-state index < -0.39 is 0 Å². The Morgan fingerprint density at radius 1 is 1.55 bits per heavy atom. The zero-order chi connectivity index (χ0) is 14.1. The maximum absolute atomic E-state index is 11.6. The fourth-order valence-corrected chi connectivity index (χ4v) is 3.42. The van der Waals surface area contributed by atoms with Crippen molar-refractivity contribution >= 4 is 5.97 Å². The molecule has 3 rings (SSSR count). The fourth-order valence-electron chi connectivity index (χ4n) is 3.42. The van der Waals surface area contributed by atoms with Crippen LogP contribution in [-0.2, 0) is 11.3 Å². The van der Waals surface area contributed by atoms with Crippen LogP contribution in [0.2, 0.25) is 0 Å². The van der Waals surface area contributed by atoms with Crippen LogP contribution in [0, 0.1) is 12.8 Å². The van der Waals surface area contributed by atoms with Crippen molar-refractivity contribution in [3.8, 4) is 0 Å². The second kappa shape index (κ2) is 5.58. The second-order valence-corrected chi connectivity index (χ2v) is 5.83. The Hall–Kier alpha value is -1.33. The third-order valence-electron chi connectivity index (χ3n) is 4.43. The third kappa shape index (κ3) is 2.60. The highest BCUT2D eigenvalue weighted by molar-refractivity contribution is 5.90. The Bertz CT molecular complexity index is 483. The maximum atomic E-state index is 11.6. The Balaban J connectivity index is 1.65. The minimum atomic E-state index is -0.325. The number of hydrogen-bond donors (Lipinski definition) is 1. The number of hydrogen-bond acceptors (Lipinski definition) is 5. The van der Waals surface area contributed by atoms with Crippen molar-refractivity contribution in [2.24, 2.45) is 5.92 Å². The van der Waals surface area contributed by atoms with Crippen LogP contribution in [0.3, 0.4) is 0 Å². The van der Waals surface area contributed by atoms with Crippen LogP contribution in [0.1, 0.15) is 34.7 Å². The first-order valence-electron chi connectivity index (χ1n) is 7.30. The monoisotopic (exact) mass is 278 g/mol. The number of nitrogens with zero attached hydrogens (tertiary/aromatic N) is 1. The van der Waals surface area contributed by atoms with Gasteiger partial charge in [-0.05, 0) is 38.3 Å². The molecule has 0 radical (unpaired) electrons. The largest absolute Gasteiger partial charge is 0.465 e. The average molecular weight is 278 g/mol. The lowest BCUT2D eigenvalue weighted by atomic mass is 9.94. The number of esters is 1. The van der Waals surface area contributed by atoms with Crippen LogP contribution in [0.5, 0.6) is 0 Å². The Morgan fingerprint density at radius 2 is 2.40 bits per heavy atom. The summed E-state index contributed by atoms with van der Waals surface area (Å²) in [5, 5.41) is 3.59. The summed E-state index contributed by atoms with van der Waals surface area (Å²) in [6.45, 7) is 5.90. The number of nitrogens with one attached hydrogen (secondary N) is 1. The summed E-state index contributed by atoms with van der Waals surface area (Å²) >= 11 is 0. The summed E-state index contributed by atoms with van der Waals surface area (Å²) in [4.78, 5) is 14.0. The summed E-state index contributed by atoms with van der Waals surface area (Å²) < 4.78 is 10.4. The minimum absolute atomic E-state index is 0.325.